The molecule has 0 radical (unpaired) electrons. The van der Waals surface area contributed by atoms with Crippen LogP contribution in [0.3, 0.4) is 0 Å². The van der Waals surface area contributed by atoms with Crippen LogP contribution < -0.4 is 10.7 Å². The maximum atomic E-state index is 13.2. The van der Waals surface area contributed by atoms with Gasteiger partial charge in [0.1, 0.15) is 12.4 Å². The number of carbonyl (C=O) groups is 3. The molecule has 1 aromatic heterocycles. The molecular formula is C19H28N6O4. The zero-order valence-electron chi connectivity index (χ0n) is 16.4. The molecule has 1 aromatic rings. The molecule has 158 valence electrons. The summed E-state index contributed by atoms with van der Waals surface area (Å²) in [6.45, 7) is 0.678. The topological polar surface area (TPSA) is 128 Å². The predicted octanol–water partition coefficient (Wildman–Crippen LogP) is 0.242. The third kappa shape index (κ3) is 5.70. The summed E-state index contributed by atoms with van der Waals surface area (Å²) in [6, 6.07) is 1.07. The van der Waals surface area contributed by atoms with E-state index >= 15 is 0 Å². The Morgan fingerprint density at radius 3 is 2.86 bits per heavy atom. The zero-order valence-corrected chi connectivity index (χ0v) is 16.4. The Hall–Kier alpha value is -2.59. The van der Waals surface area contributed by atoms with Crippen LogP contribution in [0.5, 0.6) is 0 Å². The van der Waals surface area contributed by atoms with E-state index in [1.807, 2.05) is 0 Å². The van der Waals surface area contributed by atoms with E-state index in [4.69, 9.17) is 0 Å². The van der Waals surface area contributed by atoms with Crippen molar-refractivity contribution >= 4 is 18.2 Å². The second kappa shape index (κ2) is 10.3. The van der Waals surface area contributed by atoms with Gasteiger partial charge in [0.15, 0.2) is 0 Å². The van der Waals surface area contributed by atoms with Gasteiger partial charge in [0.2, 0.25) is 18.2 Å². The summed E-state index contributed by atoms with van der Waals surface area (Å²) in [4.78, 5) is 44.6. The lowest BCUT2D eigenvalue weighted by molar-refractivity contribution is -0.159. The Morgan fingerprint density at radius 1 is 1.38 bits per heavy atom. The highest BCUT2D eigenvalue weighted by Gasteiger charge is 2.38. The molecule has 29 heavy (non-hydrogen) atoms. The van der Waals surface area contributed by atoms with Crippen molar-refractivity contribution in [2.45, 2.75) is 51.1 Å². The van der Waals surface area contributed by atoms with Gasteiger partial charge in [-0.2, -0.15) is 0 Å². The average molecular weight is 404 g/mol. The summed E-state index contributed by atoms with van der Waals surface area (Å²) in [7, 11) is 0. The van der Waals surface area contributed by atoms with Crippen molar-refractivity contribution < 1.29 is 19.6 Å². The minimum absolute atomic E-state index is 0.0771. The van der Waals surface area contributed by atoms with Crippen LogP contribution in [-0.4, -0.2) is 62.6 Å². The minimum Gasteiger partial charge on any atom is -0.349 e. The van der Waals surface area contributed by atoms with Crippen molar-refractivity contribution in [2.75, 3.05) is 13.1 Å². The molecule has 3 rings (SSSR count). The van der Waals surface area contributed by atoms with E-state index in [9.17, 15) is 19.6 Å². The van der Waals surface area contributed by atoms with Gasteiger partial charge in [-0.25, -0.2) is 20.5 Å². The van der Waals surface area contributed by atoms with Gasteiger partial charge in [0.05, 0.1) is 24.7 Å². The van der Waals surface area contributed by atoms with Crippen molar-refractivity contribution in [3.8, 4) is 0 Å². The number of aromatic nitrogens is 2. The number of hydrogen-bond donors (Lipinski definition) is 3. The van der Waals surface area contributed by atoms with Crippen LogP contribution in [0, 0.1) is 11.8 Å². The van der Waals surface area contributed by atoms with E-state index in [2.05, 4.69) is 20.7 Å². The molecule has 2 heterocycles. The van der Waals surface area contributed by atoms with Crippen LogP contribution in [0.25, 0.3) is 0 Å². The maximum Gasteiger partial charge on any atom is 0.244 e. The highest BCUT2D eigenvalue weighted by atomic mass is 16.5. The molecule has 10 nitrogen and oxygen atoms in total. The molecule has 2 fully saturated rings. The summed E-state index contributed by atoms with van der Waals surface area (Å²) in [6.07, 6.45) is 8.78. The lowest BCUT2D eigenvalue weighted by Crippen LogP contribution is -2.53. The Labute approximate surface area is 169 Å². The maximum absolute atomic E-state index is 13.2. The molecule has 2 atom stereocenters. The minimum atomic E-state index is -0.640. The van der Waals surface area contributed by atoms with Crippen molar-refractivity contribution in [3.63, 3.8) is 0 Å². The lowest BCUT2D eigenvalue weighted by atomic mass is 9.92. The highest BCUT2D eigenvalue weighted by Crippen LogP contribution is 2.31. The predicted molar refractivity (Wildman–Crippen MR) is 102 cm³/mol. The third-order valence-electron chi connectivity index (χ3n) is 5.61. The van der Waals surface area contributed by atoms with E-state index in [1.165, 1.54) is 11.3 Å². The van der Waals surface area contributed by atoms with E-state index in [1.54, 1.807) is 12.3 Å². The standard InChI is InChI=1S/C19H28N6O4/c26-13-24(29)11-15(9-14-3-1-2-4-14)19(28)25-17(6-8-23-25)18(27)21-10-16-5-7-20-12-22-16/h5,7,12-15,17,23,29H,1-4,6,8-11H2,(H,21,27)/t15-,17+/m1/s1. The first-order valence-electron chi connectivity index (χ1n) is 10.1. The number of nitrogens with zero attached hydrogens (tertiary/aromatic N) is 4. The molecule has 0 unspecified atom stereocenters. The lowest BCUT2D eigenvalue weighted by Gasteiger charge is -2.29. The molecule has 0 spiro atoms. The highest BCUT2D eigenvalue weighted by molar-refractivity contribution is 5.88. The average Bonchev–Trinajstić information content (AvgIpc) is 3.43. The normalized spacial score (nSPS) is 20.4. The third-order valence-corrected chi connectivity index (χ3v) is 5.61. The molecule has 2 aliphatic rings. The largest absolute Gasteiger partial charge is 0.349 e. The SMILES string of the molecule is O=CN(O)C[C@@H](CC1CCCC1)C(=O)N1NCC[C@H]1C(=O)NCc1ccncn1. The fourth-order valence-electron chi connectivity index (χ4n) is 4.13. The molecular weight excluding hydrogens is 376 g/mol. The van der Waals surface area contributed by atoms with Crippen LogP contribution in [-0.2, 0) is 20.9 Å². The monoisotopic (exact) mass is 404 g/mol. The molecule has 1 saturated carbocycles. The van der Waals surface area contributed by atoms with Gasteiger partial charge >= 0.3 is 0 Å². The summed E-state index contributed by atoms with van der Waals surface area (Å²) >= 11 is 0. The van der Waals surface area contributed by atoms with Crippen LogP contribution in [0.4, 0.5) is 0 Å². The number of carbonyl (C=O) groups excluding carboxylic acids is 3. The first-order valence-corrected chi connectivity index (χ1v) is 10.1. The van der Waals surface area contributed by atoms with E-state index < -0.39 is 12.0 Å². The molecule has 10 heteroatoms. The number of nitrogens with one attached hydrogen (secondary N) is 2. The van der Waals surface area contributed by atoms with Gasteiger partial charge in [-0.05, 0) is 24.8 Å². The molecule has 1 aliphatic heterocycles. The molecule has 3 amide bonds. The summed E-state index contributed by atoms with van der Waals surface area (Å²) in [5.74, 6) is -0.692. The fraction of sp³-hybridized carbons (Fsp3) is 0.632. The number of hydrazine groups is 1. The number of hydroxylamine groups is 2. The Kier molecular flexibility index (Phi) is 7.48. The Morgan fingerprint density at radius 2 is 2.17 bits per heavy atom. The van der Waals surface area contributed by atoms with E-state index in [-0.39, 0.29) is 24.9 Å². The Balaban J connectivity index is 1.63. The summed E-state index contributed by atoms with van der Waals surface area (Å²) in [5.41, 5.74) is 3.67. The fourth-order valence-corrected chi connectivity index (χ4v) is 4.13. The van der Waals surface area contributed by atoms with Gasteiger partial charge in [0, 0.05) is 12.7 Å². The van der Waals surface area contributed by atoms with E-state index in [0.717, 1.165) is 25.7 Å². The first-order chi connectivity index (χ1) is 14.1. The van der Waals surface area contributed by atoms with Crippen molar-refractivity contribution in [2.24, 2.45) is 11.8 Å². The van der Waals surface area contributed by atoms with Crippen LogP contribution in [0.2, 0.25) is 0 Å². The molecule has 0 aromatic carbocycles. The number of amides is 3. The Bertz CT molecular complexity index is 697. The van der Waals surface area contributed by atoms with Crippen molar-refractivity contribution in [1.82, 2.24) is 30.8 Å². The van der Waals surface area contributed by atoms with Gasteiger partial charge in [-0.1, -0.05) is 25.7 Å². The van der Waals surface area contributed by atoms with Gasteiger partial charge in [-0.3, -0.25) is 24.6 Å². The quantitative estimate of drug-likeness (QED) is 0.306. The summed E-state index contributed by atoms with van der Waals surface area (Å²) < 4.78 is 0. The molecule has 3 N–H and O–H groups in total. The second-order valence-electron chi connectivity index (χ2n) is 7.65. The number of hydrogen-bond acceptors (Lipinski definition) is 7. The van der Waals surface area contributed by atoms with Gasteiger partial charge < -0.3 is 5.32 Å². The zero-order chi connectivity index (χ0) is 20.6. The molecule has 1 saturated heterocycles. The first kappa shape index (κ1) is 21.1. The van der Waals surface area contributed by atoms with Gasteiger partial charge in [0.25, 0.3) is 0 Å². The van der Waals surface area contributed by atoms with Crippen LogP contribution >= 0.6 is 0 Å². The van der Waals surface area contributed by atoms with E-state index in [0.29, 0.717) is 42.5 Å². The van der Waals surface area contributed by atoms with Crippen molar-refractivity contribution in [1.29, 1.82) is 0 Å². The van der Waals surface area contributed by atoms with Crippen molar-refractivity contribution in [3.05, 3.63) is 24.3 Å². The number of rotatable bonds is 9. The smallest absolute Gasteiger partial charge is 0.244 e. The van der Waals surface area contributed by atoms with Crippen LogP contribution in [0.1, 0.15) is 44.2 Å². The molecule has 0 bridgehead atoms. The van der Waals surface area contributed by atoms with Crippen LogP contribution in [0.15, 0.2) is 18.6 Å². The van der Waals surface area contributed by atoms with Gasteiger partial charge in [-0.15, -0.1) is 0 Å². The second-order valence-corrected chi connectivity index (χ2v) is 7.65. The summed E-state index contributed by atoms with van der Waals surface area (Å²) in [5, 5.41) is 14.4. The molecule has 1 aliphatic carbocycles.